The Balaban J connectivity index is 2.65. The smallest absolute Gasteiger partial charge is 0.220 e. The van der Waals surface area contributed by atoms with Crippen molar-refractivity contribution in [3.63, 3.8) is 0 Å². The highest BCUT2D eigenvalue weighted by Gasteiger charge is 2.07. The number of thiocarbonyl (C=S) groups is 1. The van der Waals surface area contributed by atoms with E-state index in [-0.39, 0.29) is 6.10 Å². The number of hydrogen-bond donors (Lipinski definition) is 0. The van der Waals surface area contributed by atoms with Crippen LogP contribution in [0.1, 0.15) is 18.6 Å². The summed E-state index contributed by atoms with van der Waals surface area (Å²) in [4.78, 5) is 0. The van der Waals surface area contributed by atoms with Gasteiger partial charge in [-0.15, -0.1) is 0 Å². The van der Waals surface area contributed by atoms with Crippen molar-refractivity contribution in [1.29, 1.82) is 0 Å². The van der Waals surface area contributed by atoms with Gasteiger partial charge in [0.1, 0.15) is 6.10 Å². The molecule has 0 heterocycles. The molecule has 0 N–H and O–H groups in total. The van der Waals surface area contributed by atoms with Crippen molar-refractivity contribution in [2.45, 2.75) is 13.0 Å². The summed E-state index contributed by atoms with van der Waals surface area (Å²) in [5.41, 5.74) is 1.07. The van der Waals surface area contributed by atoms with Crippen LogP contribution in [-0.2, 0) is 4.74 Å². The normalized spacial score (nSPS) is 12.2. The van der Waals surface area contributed by atoms with E-state index in [4.69, 9.17) is 28.6 Å². The van der Waals surface area contributed by atoms with Gasteiger partial charge in [-0.05, 0) is 43.1 Å². The molecule has 0 aliphatic heterocycles. The molecule has 0 aliphatic carbocycles. The molecular formula is C10H11ClOS2. The van der Waals surface area contributed by atoms with E-state index in [9.17, 15) is 0 Å². The zero-order valence-electron chi connectivity index (χ0n) is 7.99. The van der Waals surface area contributed by atoms with Crippen molar-refractivity contribution >= 4 is 40.0 Å². The second-order valence-corrected chi connectivity index (χ2v) is 4.61. The summed E-state index contributed by atoms with van der Waals surface area (Å²) in [7, 11) is 0. The number of halogens is 1. The Morgan fingerprint density at radius 3 is 2.50 bits per heavy atom. The number of rotatable bonds is 2. The first kappa shape index (κ1) is 11.8. The number of hydrogen-bond acceptors (Lipinski definition) is 3. The highest BCUT2D eigenvalue weighted by Crippen LogP contribution is 2.21. The molecular weight excluding hydrogens is 236 g/mol. The van der Waals surface area contributed by atoms with E-state index < -0.39 is 0 Å². The van der Waals surface area contributed by atoms with Gasteiger partial charge in [0.25, 0.3) is 0 Å². The average molecular weight is 247 g/mol. The number of ether oxygens (including phenoxy) is 1. The van der Waals surface area contributed by atoms with E-state index in [2.05, 4.69) is 0 Å². The van der Waals surface area contributed by atoms with Crippen LogP contribution >= 0.6 is 35.6 Å². The van der Waals surface area contributed by atoms with E-state index in [1.807, 2.05) is 37.4 Å². The van der Waals surface area contributed by atoms with Crippen molar-refractivity contribution in [3.8, 4) is 0 Å². The highest BCUT2D eigenvalue weighted by atomic mass is 35.5. The fourth-order valence-electron chi connectivity index (χ4n) is 0.994. The van der Waals surface area contributed by atoms with Gasteiger partial charge >= 0.3 is 0 Å². The fraction of sp³-hybridized carbons (Fsp3) is 0.300. The van der Waals surface area contributed by atoms with E-state index in [1.54, 1.807) is 0 Å². The third-order valence-corrected chi connectivity index (χ3v) is 3.06. The van der Waals surface area contributed by atoms with Crippen LogP contribution in [0.5, 0.6) is 0 Å². The lowest BCUT2D eigenvalue weighted by Crippen LogP contribution is -2.02. The summed E-state index contributed by atoms with van der Waals surface area (Å²) < 4.78 is 6.04. The summed E-state index contributed by atoms with van der Waals surface area (Å²) in [6, 6.07) is 7.57. The molecule has 4 heteroatoms. The van der Waals surface area contributed by atoms with Crippen LogP contribution in [0, 0.1) is 0 Å². The third kappa shape index (κ3) is 3.48. The lowest BCUT2D eigenvalue weighted by molar-refractivity contribution is 0.227. The molecule has 1 atom stereocenters. The molecule has 0 amide bonds. The Hall–Kier alpha value is -0.250. The van der Waals surface area contributed by atoms with Gasteiger partial charge in [0.2, 0.25) is 4.38 Å². The Labute approximate surface area is 98.8 Å². The molecule has 0 aliphatic rings. The highest BCUT2D eigenvalue weighted by molar-refractivity contribution is 8.22. The maximum absolute atomic E-state index is 5.78. The summed E-state index contributed by atoms with van der Waals surface area (Å²) in [6.45, 7) is 1.96. The zero-order chi connectivity index (χ0) is 10.6. The van der Waals surface area contributed by atoms with Gasteiger partial charge in [0.05, 0.1) is 0 Å². The van der Waals surface area contributed by atoms with Crippen molar-refractivity contribution < 1.29 is 4.74 Å². The Morgan fingerprint density at radius 2 is 2.00 bits per heavy atom. The monoisotopic (exact) mass is 246 g/mol. The maximum Gasteiger partial charge on any atom is 0.220 e. The molecule has 1 unspecified atom stereocenters. The van der Waals surface area contributed by atoms with Gasteiger partial charge in [0.15, 0.2) is 0 Å². The molecule has 0 saturated heterocycles. The van der Waals surface area contributed by atoms with Gasteiger partial charge in [-0.25, -0.2) is 0 Å². The molecule has 0 spiro atoms. The van der Waals surface area contributed by atoms with Crippen LogP contribution in [0.2, 0.25) is 5.02 Å². The van der Waals surface area contributed by atoms with E-state index in [0.29, 0.717) is 4.38 Å². The van der Waals surface area contributed by atoms with Crippen LogP contribution in [0.4, 0.5) is 0 Å². The van der Waals surface area contributed by atoms with Gasteiger partial charge in [-0.1, -0.05) is 35.5 Å². The molecule has 1 aromatic rings. The van der Waals surface area contributed by atoms with Crippen LogP contribution < -0.4 is 0 Å². The van der Waals surface area contributed by atoms with Crippen LogP contribution in [0.15, 0.2) is 24.3 Å². The number of benzene rings is 1. The molecule has 0 aromatic heterocycles. The van der Waals surface area contributed by atoms with Gasteiger partial charge in [0, 0.05) is 5.02 Å². The maximum atomic E-state index is 5.78. The zero-order valence-corrected chi connectivity index (χ0v) is 10.4. The first-order valence-corrected chi connectivity index (χ1v) is 6.14. The first-order valence-electron chi connectivity index (χ1n) is 4.13. The predicted molar refractivity (Wildman–Crippen MR) is 67.1 cm³/mol. The molecule has 1 aromatic carbocycles. The second kappa shape index (κ2) is 5.59. The molecule has 1 rings (SSSR count). The van der Waals surface area contributed by atoms with E-state index >= 15 is 0 Å². The van der Waals surface area contributed by atoms with Crippen molar-refractivity contribution in [1.82, 2.24) is 0 Å². The molecule has 0 fully saturated rings. The SMILES string of the molecule is CSC(=S)OC(C)c1ccc(Cl)cc1. The number of thioether (sulfide) groups is 1. The largest absolute Gasteiger partial charge is 0.471 e. The molecule has 76 valence electrons. The second-order valence-electron chi connectivity index (χ2n) is 2.77. The van der Waals surface area contributed by atoms with Gasteiger partial charge in [-0.2, -0.15) is 0 Å². The van der Waals surface area contributed by atoms with Crippen molar-refractivity contribution in [3.05, 3.63) is 34.9 Å². The van der Waals surface area contributed by atoms with Crippen LogP contribution in [0.25, 0.3) is 0 Å². The van der Waals surface area contributed by atoms with E-state index in [1.165, 1.54) is 11.8 Å². The molecule has 0 radical (unpaired) electrons. The summed E-state index contributed by atoms with van der Waals surface area (Å²) in [6.07, 6.45) is 1.88. The topological polar surface area (TPSA) is 9.23 Å². The molecule has 1 nitrogen and oxygen atoms in total. The minimum Gasteiger partial charge on any atom is -0.471 e. The Morgan fingerprint density at radius 1 is 1.43 bits per heavy atom. The summed E-state index contributed by atoms with van der Waals surface area (Å²) >= 11 is 12.2. The van der Waals surface area contributed by atoms with Crippen LogP contribution in [-0.4, -0.2) is 10.6 Å². The minimum absolute atomic E-state index is 0.0211. The predicted octanol–water partition coefficient (Wildman–Crippen LogP) is 4.07. The van der Waals surface area contributed by atoms with Crippen molar-refractivity contribution in [2.24, 2.45) is 0 Å². The van der Waals surface area contributed by atoms with E-state index in [0.717, 1.165) is 10.6 Å². The lowest BCUT2D eigenvalue weighted by atomic mass is 10.1. The summed E-state index contributed by atoms with van der Waals surface area (Å²) in [5.74, 6) is 0. The van der Waals surface area contributed by atoms with Gasteiger partial charge in [-0.3, -0.25) is 0 Å². The minimum atomic E-state index is -0.0211. The molecule has 0 bridgehead atoms. The Bertz CT molecular complexity index is 310. The molecule has 14 heavy (non-hydrogen) atoms. The third-order valence-electron chi connectivity index (χ3n) is 1.78. The Kier molecular flexibility index (Phi) is 4.72. The average Bonchev–Trinajstić information content (AvgIpc) is 2.18. The lowest BCUT2D eigenvalue weighted by Gasteiger charge is -2.14. The quantitative estimate of drug-likeness (QED) is 0.729. The molecule has 0 saturated carbocycles. The summed E-state index contributed by atoms with van der Waals surface area (Å²) in [5, 5.41) is 0.730. The van der Waals surface area contributed by atoms with Gasteiger partial charge < -0.3 is 4.74 Å². The van der Waals surface area contributed by atoms with Crippen LogP contribution in [0.3, 0.4) is 0 Å². The first-order chi connectivity index (χ1) is 6.63. The van der Waals surface area contributed by atoms with Crippen molar-refractivity contribution in [2.75, 3.05) is 6.26 Å². The fourth-order valence-corrected chi connectivity index (χ4v) is 1.51. The standard InChI is InChI=1S/C10H11ClOS2/c1-7(12-10(13)14-2)8-3-5-9(11)6-4-8/h3-7H,1-2H3.